The first kappa shape index (κ1) is 23.1. The monoisotopic (exact) mass is 557 g/mol. The molecule has 0 fully saturated rings. The third-order valence-corrected chi connectivity index (χ3v) is 9.65. The predicted octanol–water partition coefficient (Wildman–Crippen LogP) is 6.32. The lowest BCUT2D eigenvalue weighted by Crippen LogP contribution is -1.99. The van der Waals surface area contributed by atoms with Crippen LogP contribution in [0.5, 0.6) is 0 Å². The van der Waals surface area contributed by atoms with E-state index >= 15 is 0 Å². The van der Waals surface area contributed by atoms with Crippen LogP contribution in [0.15, 0.2) is 71.8 Å². The topological polar surface area (TPSA) is 99.0 Å². The molecule has 0 saturated heterocycles. The molecule has 8 rings (SSSR count). The van der Waals surface area contributed by atoms with Gasteiger partial charge in [-0.05, 0) is 24.3 Å². The number of fused-ring (bicyclic) bond motifs is 8. The highest BCUT2D eigenvalue weighted by Crippen LogP contribution is 2.44. The van der Waals surface area contributed by atoms with Gasteiger partial charge >= 0.3 is 0 Å². The standard InChI is InChI=1S/C31H15N3O4S2/c1-34-32-24-20-10-14(12-22-26(35)16-6-2-3-7-17(16)27(22)36)39-30(20)31-21(25(24)33-34)11-15(40-31)13-23-28(37)18-8-4-5-9-19(18)29(23)38/h2-13H,1H3. The quantitative estimate of drug-likeness (QED) is 0.182. The Balaban J connectivity index is 1.31. The molecule has 3 aromatic heterocycles. The van der Waals surface area contributed by atoms with Crippen molar-refractivity contribution in [2.75, 3.05) is 0 Å². The number of allylic oxidation sites excluding steroid dienone is 2. The highest BCUT2D eigenvalue weighted by molar-refractivity contribution is 7.28. The van der Waals surface area contributed by atoms with Gasteiger partial charge in [-0.15, -0.1) is 22.7 Å². The minimum absolute atomic E-state index is 0.147. The maximum absolute atomic E-state index is 13.0. The molecule has 0 aliphatic heterocycles. The van der Waals surface area contributed by atoms with Crippen LogP contribution in [0.3, 0.4) is 0 Å². The third kappa shape index (κ3) is 3.10. The molecule has 0 radical (unpaired) electrons. The molecule has 2 aliphatic rings. The molecule has 40 heavy (non-hydrogen) atoms. The van der Waals surface area contributed by atoms with Crippen LogP contribution in [0.25, 0.3) is 43.4 Å². The Hall–Kier alpha value is -4.86. The van der Waals surface area contributed by atoms with Crippen LogP contribution in [0, 0.1) is 0 Å². The molecule has 2 aliphatic carbocycles. The number of benzene rings is 3. The van der Waals surface area contributed by atoms with E-state index in [1.54, 1.807) is 67.7 Å². The van der Waals surface area contributed by atoms with Crippen molar-refractivity contribution >= 4 is 89.2 Å². The van der Waals surface area contributed by atoms with Gasteiger partial charge in [0.05, 0.1) is 20.5 Å². The number of aromatic nitrogens is 3. The first-order valence-corrected chi connectivity index (χ1v) is 14.0. The van der Waals surface area contributed by atoms with Crippen molar-refractivity contribution in [3.8, 4) is 0 Å². The number of hydrogen-bond acceptors (Lipinski definition) is 8. The van der Waals surface area contributed by atoms with Crippen LogP contribution in [0.1, 0.15) is 51.2 Å². The van der Waals surface area contributed by atoms with Crippen LogP contribution in [0.2, 0.25) is 0 Å². The van der Waals surface area contributed by atoms with Crippen LogP contribution < -0.4 is 0 Å². The van der Waals surface area contributed by atoms with E-state index in [1.807, 2.05) is 12.1 Å². The van der Waals surface area contributed by atoms with Gasteiger partial charge in [0.15, 0.2) is 23.1 Å². The van der Waals surface area contributed by atoms with E-state index in [0.29, 0.717) is 33.3 Å². The van der Waals surface area contributed by atoms with E-state index in [2.05, 4.69) is 10.2 Å². The van der Waals surface area contributed by atoms with E-state index in [4.69, 9.17) is 0 Å². The second-order valence-electron chi connectivity index (χ2n) is 9.69. The Labute approximate surface area is 233 Å². The van der Waals surface area contributed by atoms with Crippen molar-refractivity contribution in [1.29, 1.82) is 0 Å². The van der Waals surface area contributed by atoms with Crippen LogP contribution >= 0.6 is 22.7 Å². The molecule has 0 N–H and O–H groups in total. The summed E-state index contributed by atoms with van der Waals surface area (Å²) in [5, 5.41) is 10.9. The number of hydrogen-bond donors (Lipinski definition) is 0. The van der Waals surface area contributed by atoms with Crippen molar-refractivity contribution in [3.05, 3.63) is 104 Å². The second kappa shape index (κ2) is 8.08. The zero-order valence-electron chi connectivity index (χ0n) is 20.7. The maximum atomic E-state index is 13.0. The van der Waals surface area contributed by atoms with E-state index in [-0.39, 0.29) is 34.3 Å². The lowest BCUT2D eigenvalue weighted by atomic mass is 10.1. The SMILES string of the molecule is Cn1nc2c3cc(C=C4C(=O)c5ccccc5C4=O)sc3c3sc(C=C4C(=O)c5ccccc5C4=O)cc3c2n1. The number of Topliss-reactive ketones (excluding diaryl/α,β-unsaturated/α-hetero) is 4. The molecular formula is C31H15N3O4S2. The molecule has 7 nitrogen and oxygen atoms in total. The average Bonchev–Trinajstić information content (AvgIpc) is 3.75. The summed E-state index contributed by atoms with van der Waals surface area (Å²) in [4.78, 5) is 55.0. The molecule has 0 bridgehead atoms. The molecular weight excluding hydrogens is 542 g/mol. The largest absolute Gasteiger partial charge is 0.288 e. The van der Waals surface area contributed by atoms with Gasteiger partial charge in [0.25, 0.3) is 0 Å². The summed E-state index contributed by atoms with van der Waals surface area (Å²) < 4.78 is 1.87. The number of thiophene rings is 2. The Bertz CT molecular complexity index is 2030. The van der Waals surface area contributed by atoms with E-state index in [1.165, 1.54) is 27.5 Å². The molecule has 0 amide bonds. The highest BCUT2D eigenvalue weighted by atomic mass is 32.1. The maximum Gasteiger partial charge on any atom is 0.197 e. The third-order valence-electron chi connectivity index (χ3n) is 7.32. The van der Waals surface area contributed by atoms with Crippen molar-refractivity contribution in [3.63, 3.8) is 0 Å². The van der Waals surface area contributed by atoms with Crippen LogP contribution in [0.4, 0.5) is 0 Å². The number of carbonyl (C=O) groups is 4. The summed E-state index contributed by atoms with van der Waals surface area (Å²) in [5.74, 6) is -1.09. The second-order valence-corrected chi connectivity index (χ2v) is 11.9. The lowest BCUT2D eigenvalue weighted by molar-refractivity contribution is 0.0975. The van der Waals surface area contributed by atoms with Gasteiger partial charge < -0.3 is 0 Å². The molecule has 190 valence electrons. The van der Waals surface area contributed by atoms with Gasteiger partial charge in [-0.3, -0.25) is 19.2 Å². The lowest BCUT2D eigenvalue weighted by Gasteiger charge is -1.93. The summed E-state index contributed by atoms with van der Waals surface area (Å²) in [6, 6.07) is 17.6. The number of nitrogens with zero attached hydrogens (tertiary/aromatic N) is 3. The van der Waals surface area contributed by atoms with Crippen molar-refractivity contribution in [2.24, 2.45) is 7.05 Å². The molecule has 9 heteroatoms. The van der Waals surface area contributed by atoms with Gasteiger partial charge in [0.2, 0.25) is 0 Å². The summed E-state index contributed by atoms with van der Waals surface area (Å²) >= 11 is 2.93. The van der Waals surface area contributed by atoms with Crippen LogP contribution in [-0.4, -0.2) is 38.1 Å². The van der Waals surface area contributed by atoms with Gasteiger partial charge in [0.1, 0.15) is 11.0 Å². The van der Waals surface area contributed by atoms with Crippen molar-refractivity contribution < 1.29 is 19.2 Å². The fourth-order valence-corrected chi connectivity index (χ4v) is 7.88. The molecule has 0 saturated carbocycles. The molecule has 0 unspecified atom stereocenters. The van der Waals surface area contributed by atoms with E-state index in [9.17, 15) is 19.2 Å². The summed E-state index contributed by atoms with van der Waals surface area (Å²) in [6.45, 7) is 0. The Morgan fingerprint density at radius 3 is 1.30 bits per heavy atom. The molecule has 3 heterocycles. The van der Waals surface area contributed by atoms with E-state index < -0.39 is 0 Å². The number of rotatable bonds is 2. The smallest absolute Gasteiger partial charge is 0.197 e. The number of aryl methyl sites for hydroxylation is 1. The summed E-state index contributed by atoms with van der Waals surface area (Å²) in [6.07, 6.45) is 3.32. The zero-order valence-corrected chi connectivity index (χ0v) is 22.4. The first-order chi connectivity index (χ1) is 19.4. The number of ketones is 4. The van der Waals surface area contributed by atoms with Crippen molar-refractivity contribution in [2.45, 2.75) is 0 Å². The van der Waals surface area contributed by atoms with Gasteiger partial charge in [-0.25, -0.2) is 0 Å². The average molecular weight is 558 g/mol. The van der Waals surface area contributed by atoms with Crippen LogP contribution in [-0.2, 0) is 7.05 Å². The summed E-state index contributed by atoms with van der Waals surface area (Å²) in [7, 11) is 1.75. The molecule has 3 aromatic carbocycles. The minimum atomic E-state index is -0.273. The zero-order chi connectivity index (χ0) is 27.3. The van der Waals surface area contributed by atoms with Gasteiger partial charge in [-0.2, -0.15) is 15.0 Å². The fraction of sp³-hybridized carbons (Fsp3) is 0.0323. The highest BCUT2D eigenvalue weighted by Gasteiger charge is 2.34. The Kier molecular flexibility index (Phi) is 4.66. The fourth-order valence-electron chi connectivity index (χ4n) is 5.51. The first-order valence-electron chi connectivity index (χ1n) is 12.4. The van der Waals surface area contributed by atoms with Gasteiger partial charge in [0, 0.05) is 49.8 Å². The molecule has 0 spiro atoms. The van der Waals surface area contributed by atoms with E-state index in [0.717, 1.165) is 29.9 Å². The Morgan fingerprint density at radius 1 is 0.600 bits per heavy atom. The minimum Gasteiger partial charge on any atom is -0.288 e. The Morgan fingerprint density at radius 2 is 0.950 bits per heavy atom. The predicted molar refractivity (Wildman–Crippen MR) is 155 cm³/mol. The summed E-state index contributed by atoms with van der Waals surface area (Å²) in [5.41, 5.74) is 3.40. The normalized spacial score (nSPS) is 14.7. The number of carbonyl (C=O) groups excluding carboxylic acids is 4. The van der Waals surface area contributed by atoms with Crippen molar-refractivity contribution in [1.82, 2.24) is 15.0 Å². The van der Waals surface area contributed by atoms with Gasteiger partial charge in [-0.1, -0.05) is 48.5 Å². The molecule has 6 aromatic rings. The molecule has 0 atom stereocenters.